The number of aliphatic imine (C=N–C) groups is 1. The Kier molecular flexibility index (Phi) is 9.37. The van der Waals surface area contributed by atoms with Gasteiger partial charge in [0.1, 0.15) is 17.6 Å². The molecule has 2 aromatic carbocycles. The van der Waals surface area contributed by atoms with Crippen molar-refractivity contribution >= 4 is 35.6 Å². The number of guanidine groups is 1. The van der Waals surface area contributed by atoms with Crippen molar-refractivity contribution in [2.45, 2.75) is 25.5 Å². The second kappa shape index (κ2) is 11.7. The molecule has 2 N–H and O–H groups in total. The van der Waals surface area contributed by atoms with E-state index < -0.39 is 0 Å². The molecule has 0 aliphatic carbocycles. The molecule has 7 heteroatoms. The Labute approximate surface area is 190 Å². The van der Waals surface area contributed by atoms with Crippen molar-refractivity contribution < 1.29 is 9.47 Å². The predicted octanol–water partition coefficient (Wildman–Crippen LogP) is 3.52. The predicted molar refractivity (Wildman–Crippen MR) is 130 cm³/mol. The Balaban J connectivity index is 0.00000300. The molecule has 6 nitrogen and oxygen atoms in total. The molecule has 2 unspecified atom stereocenters. The van der Waals surface area contributed by atoms with Gasteiger partial charge in [0, 0.05) is 37.9 Å². The van der Waals surface area contributed by atoms with Crippen LogP contribution in [0.1, 0.15) is 13.3 Å². The molecule has 1 aliphatic rings. The number of para-hydroxylation sites is 1. The monoisotopic (exact) mass is 510 g/mol. The van der Waals surface area contributed by atoms with Crippen molar-refractivity contribution in [2.24, 2.45) is 4.99 Å². The number of benzene rings is 2. The lowest BCUT2D eigenvalue weighted by molar-refractivity contribution is 0.223. The van der Waals surface area contributed by atoms with Crippen LogP contribution >= 0.6 is 24.0 Å². The van der Waals surface area contributed by atoms with Crippen molar-refractivity contribution in [1.29, 1.82) is 0 Å². The van der Waals surface area contributed by atoms with Crippen molar-refractivity contribution in [2.75, 3.05) is 38.7 Å². The standard InChI is InChI=1S/C22H30N4O2.HI/c1-17(28-21-11-7-10-20(14-21)27-3)15-24-22(23-2)25-18-12-13-26(16-18)19-8-5-4-6-9-19;/h4-11,14,17-18H,12-13,15-16H2,1-3H3,(H2,23,24,25);1H. The number of hydrogen-bond acceptors (Lipinski definition) is 4. The first-order valence-electron chi connectivity index (χ1n) is 9.76. The van der Waals surface area contributed by atoms with Gasteiger partial charge in [0.15, 0.2) is 5.96 Å². The van der Waals surface area contributed by atoms with Gasteiger partial charge in [-0.25, -0.2) is 0 Å². The van der Waals surface area contributed by atoms with E-state index in [1.165, 1.54) is 5.69 Å². The summed E-state index contributed by atoms with van der Waals surface area (Å²) in [6.45, 7) is 4.72. The summed E-state index contributed by atoms with van der Waals surface area (Å²) < 4.78 is 11.2. The second-order valence-corrected chi connectivity index (χ2v) is 6.97. The van der Waals surface area contributed by atoms with Gasteiger partial charge in [-0.1, -0.05) is 24.3 Å². The van der Waals surface area contributed by atoms with Gasteiger partial charge in [0.25, 0.3) is 0 Å². The normalized spacial score (nSPS) is 17.3. The molecule has 3 rings (SSSR count). The van der Waals surface area contributed by atoms with E-state index in [1.54, 1.807) is 14.2 Å². The van der Waals surface area contributed by atoms with Crippen LogP contribution in [0.4, 0.5) is 5.69 Å². The Morgan fingerprint density at radius 2 is 1.93 bits per heavy atom. The fraction of sp³-hybridized carbons (Fsp3) is 0.409. The highest BCUT2D eigenvalue weighted by atomic mass is 127. The maximum atomic E-state index is 5.96. The summed E-state index contributed by atoms with van der Waals surface area (Å²) in [5.41, 5.74) is 1.27. The van der Waals surface area contributed by atoms with E-state index in [0.29, 0.717) is 12.6 Å². The molecule has 1 aliphatic heterocycles. The van der Waals surface area contributed by atoms with Crippen LogP contribution in [0, 0.1) is 0 Å². The lowest BCUT2D eigenvalue weighted by atomic mass is 10.2. The number of methoxy groups -OCH3 is 1. The van der Waals surface area contributed by atoms with Crippen LogP contribution in [0.2, 0.25) is 0 Å². The van der Waals surface area contributed by atoms with Crippen LogP contribution in [0.5, 0.6) is 11.5 Å². The fourth-order valence-corrected chi connectivity index (χ4v) is 3.33. The highest BCUT2D eigenvalue weighted by molar-refractivity contribution is 14.0. The van der Waals surface area contributed by atoms with Crippen molar-refractivity contribution in [3.05, 3.63) is 54.6 Å². The summed E-state index contributed by atoms with van der Waals surface area (Å²) in [6, 6.07) is 18.6. The summed E-state index contributed by atoms with van der Waals surface area (Å²) in [4.78, 5) is 6.76. The van der Waals surface area contributed by atoms with E-state index in [1.807, 2.05) is 31.2 Å². The van der Waals surface area contributed by atoms with E-state index in [4.69, 9.17) is 9.47 Å². The van der Waals surface area contributed by atoms with Gasteiger partial charge in [-0.05, 0) is 37.6 Å². The second-order valence-electron chi connectivity index (χ2n) is 6.97. The van der Waals surface area contributed by atoms with Crippen LogP contribution in [0.3, 0.4) is 0 Å². The van der Waals surface area contributed by atoms with Gasteiger partial charge in [0.05, 0.1) is 13.7 Å². The van der Waals surface area contributed by atoms with Crippen LogP contribution < -0.4 is 25.0 Å². The maximum absolute atomic E-state index is 5.96. The number of ether oxygens (including phenoxy) is 2. The van der Waals surface area contributed by atoms with E-state index in [0.717, 1.165) is 37.0 Å². The summed E-state index contributed by atoms with van der Waals surface area (Å²) in [7, 11) is 3.45. The van der Waals surface area contributed by atoms with Gasteiger partial charge in [0.2, 0.25) is 0 Å². The van der Waals surface area contributed by atoms with E-state index >= 15 is 0 Å². The first-order valence-corrected chi connectivity index (χ1v) is 9.76. The summed E-state index contributed by atoms with van der Waals surface area (Å²) in [6.07, 6.45) is 1.08. The minimum atomic E-state index is -0.00458. The number of halogens is 1. The Morgan fingerprint density at radius 1 is 1.17 bits per heavy atom. The lowest BCUT2D eigenvalue weighted by Gasteiger charge is -2.21. The smallest absolute Gasteiger partial charge is 0.191 e. The quantitative estimate of drug-likeness (QED) is 0.339. The topological polar surface area (TPSA) is 58.1 Å². The highest BCUT2D eigenvalue weighted by Crippen LogP contribution is 2.20. The number of nitrogens with zero attached hydrogens (tertiary/aromatic N) is 2. The zero-order valence-corrected chi connectivity index (χ0v) is 19.6. The molecule has 2 aromatic rings. The van der Waals surface area contributed by atoms with Gasteiger partial charge in [-0.3, -0.25) is 4.99 Å². The Bertz CT molecular complexity index is 772. The molecule has 0 amide bonds. The number of anilines is 1. The number of rotatable bonds is 7. The average Bonchev–Trinajstić information content (AvgIpc) is 3.20. The lowest BCUT2D eigenvalue weighted by Crippen LogP contribution is -2.47. The third-order valence-electron chi connectivity index (χ3n) is 4.81. The molecule has 158 valence electrons. The van der Waals surface area contributed by atoms with E-state index in [2.05, 4.69) is 50.9 Å². The summed E-state index contributed by atoms with van der Waals surface area (Å²) in [5.74, 6) is 2.39. The molecule has 0 aromatic heterocycles. The van der Waals surface area contributed by atoms with E-state index in [-0.39, 0.29) is 30.1 Å². The zero-order chi connectivity index (χ0) is 19.8. The van der Waals surface area contributed by atoms with E-state index in [9.17, 15) is 0 Å². The molecule has 1 fully saturated rings. The maximum Gasteiger partial charge on any atom is 0.191 e. The summed E-state index contributed by atoms with van der Waals surface area (Å²) in [5, 5.41) is 6.89. The minimum Gasteiger partial charge on any atom is -0.497 e. The third-order valence-corrected chi connectivity index (χ3v) is 4.81. The van der Waals surface area contributed by atoms with Crippen molar-refractivity contribution in [3.8, 4) is 11.5 Å². The molecule has 29 heavy (non-hydrogen) atoms. The molecular weight excluding hydrogens is 479 g/mol. The highest BCUT2D eigenvalue weighted by Gasteiger charge is 2.23. The van der Waals surface area contributed by atoms with Crippen LogP contribution in [0.25, 0.3) is 0 Å². The molecular formula is C22H31IN4O2. The Hall–Kier alpha value is -2.16. The van der Waals surface area contributed by atoms with Gasteiger partial charge < -0.3 is 25.0 Å². The zero-order valence-electron chi connectivity index (χ0n) is 17.3. The molecule has 2 atom stereocenters. The molecule has 0 spiro atoms. The van der Waals surface area contributed by atoms with Gasteiger partial charge in [-0.15, -0.1) is 24.0 Å². The largest absolute Gasteiger partial charge is 0.497 e. The number of nitrogens with one attached hydrogen (secondary N) is 2. The van der Waals surface area contributed by atoms with Crippen molar-refractivity contribution in [3.63, 3.8) is 0 Å². The molecule has 1 saturated heterocycles. The molecule has 1 heterocycles. The summed E-state index contributed by atoms with van der Waals surface area (Å²) >= 11 is 0. The van der Waals surface area contributed by atoms with Gasteiger partial charge in [-0.2, -0.15) is 0 Å². The third kappa shape index (κ3) is 6.99. The van der Waals surface area contributed by atoms with Crippen LogP contribution in [-0.2, 0) is 0 Å². The molecule has 0 bridgehead atoms. The minimum absolute atomic E-state index is 0. The first kappa shape index (κ1) is 23.1. The molecule has 0 saturated carbocycles. The van der Waals surface area contributed by atoms with Crippen LogP contribution in [0.15, 0.2) is 59.6 Å². The fourth-order valence-electron chi connectivity index (χ4n) is 3.33. The Morgan fingerprint density at radius 3 is 2.66 bits per heavy atom. The number of hydrogen-bond donors (Lipinski definition) is 2. The van der Waals surface area contributed by atoms with Gasteiger partial charge >= 0.3 is 0 Å². The first-order chi connectivity index (χ1) is 13.7. The van der Waals surface area contributed by atoms with Crippen molar-refractivity contribution in [1.82, 2.24) is 10.6 Å². The average molecular weight is 510 g/mol. The van der Waals surface area contributed by atoms with Crippen LogP contribution in [-0.4, -0.2) is 51.9 Å². The molecule has 0 radical (unpaired) electrons. The SMILES string of the molecule is CN=C(NCC(C)Oc1cccc(OC)c1)NC1CCN(c2ccccc2)C1.I.